The molecule has 3 atom stereocenters. The standard InChI is InChI=1S/C10H21N/c1-7-8(2)10(3,4)6-5-9(7)11/h7-9H,5-6,11H2,1-4H3/t7?,8-,9-/m0/s1. The SMILES string of the molecule is CC1[C@@H](N)CCC(C)(C)[C@H]1C. The average Bonchev–Trinajstić information content (AvgIpc) is 1.95. The minimum Gasteiger partial charge on any atom is -0.327 e. The molecule has 1 unspecified atom stereocenters. The van der Waals surface area contributed by atoms with Crippen LogP contribution in [0, 0.1) is 17.3 Å². The highest BCUT2D eigenvalue weighted by atomic mass is 14.7. The van der Waals surface area contributed by atoms with Gasteiger partial charge in [0.15, 0.2) is 0 Å². The highest BCUT2D eigenvalue weighted by Gasteiger charge is 2.37. The zero-order chi connectivity index (χ0) is 8.65. The van der Waals surface area contributed by atoms with Crippen molar-refractivity contribution in [1.82, 2.24) is 0 Å². The van der Waals surface area contributed by atoms with E-state index in [0.717, 1.165) is 5.92 Å². The summed E-state index contributed by atoms with van der Waals surface area (Å²) in [6, 6.07) is 0.443. The molecule has 0 heterocycles. The van der Waals surface area contributed by atoms with Crippen LogP contribution >= 0.6 is 0 Å². The van der Waals surface area contributed by atoms with Crippen molar-refractivity contribution in [2.75, 3.05) is 0 Å². The third-order valence-electron chi connectivity index (χ3n) is 3.82. The molecule has 0 amide bonds. The van der Waals surface area contributed by atoms with E-state index in [2.05, 4.69) is 27.7 Å². The van der Waals surface area contributed by atoms with Crippen LogP contribution in [0.1, 0.15) is 40.5 Å². The maximum Gasteiger partial charge on any atom is 0.00674 e. The molecule has 0 spiro atoms. The maximum absolute atomic E-state index is 5.99. The molecule has 0 radical (unpaired) electrons. The van der Waals surface area contributed by atoms with Crippen LogP contribution in [0.15, 0.2) is 0 Å². The van der Waals surface area contributed by atoms with Crippen molar-refractivity contribution in [3.8, 4) is 0 Å². The summed E-state index contributed by atoms with van der Waals surface area (Å²) in [5.74, 6) is 1.46. The lowest BCUT2D eigenvalue weighted by molar-refractivity contribution is 0.0826. The second kappa shape index (κ2) is 2.78. The fourth-order valence-electron chi connectivity index (χ4n) is 2.11. The summed E-state index contributed by atoms with van der Waals surface area (Å²) in [5, 5.41) is 0. The smallest absolute Gasteiger partial charge is 0.00674 e. The Labute approximate surface area is 70.4 Å². The Morgan fingerprint density at radius 2 is 1.82 bits per heavy atom. The van der Waals surface area contributed by atoms with E-state index in [1.807, 2.05) is 0 Å². The maximum atomic E-state index is 5.99. The molecule has 0 aromatic heterocycles. The largest absolute Gasteiger partial charge is 0.327 e. The van der Waals surface area contributed by atoms with Crippen molar-refractivity contribution in [3.63, 3.8) is 0 Å². The minimum absolute atomic E-state index is 0.443. The van der Waals surface area contributed by atoms with E-state index < -0.39 is 0 Å². The van der Waals surface area contributed by atoms with Crippen molar-refractivity contribution in [2.24, 2.45) is 23.0 Å². The quantitative estimate of drug-likeness (QED) is 0.571. The van der Waals surface area contributed by atoms with Crippen molar-refractivity contribution in [1.29, 1.82) is 0 Å². The first-order chi connectivity index (χ1) is 4.95. The molecule has 1 nitrogen and oxygen atoms in total. The lowest BCUT2D eigenvalue weighted by Gasteiger charge is -2.44. The van der Waals surface area contributed by atoms with E-state index in [1.54, 1.807) is 0 Å². The summed E-state index contributed by atoms with van der Waals surface area (Å²) in [6.45, 7) is 9.35. The monoisotopic (exact) mass is 155 g/mol. The van der Waals surface area contributed by atoms with Gasteiger partial charge in [-0.3, -0.25) is 0 Å². The van der Waals surface area contributed by atoms with Crippen molar-refractivity contribution >= 4 is 0 Å². The molecule has 1 rings (SSSR count). The Bertz CT molecular complexity index is 140. The molecule has 1 fully saturated rings. The van der Waals surface area contributed by atoms with Gasteiger partial charge in [0, 0.05) is 6.04 Å². The van der Waals surface area contributed by atoms with Gasteiger partial charge in [-0.2, -0.15) is 0 Å². The van der Waals surface area contributed by atoms with E-state index in [1.165, 1.54) is 12.8 Å². The molecule has 66 valence electrons. The van der Waals surface area contributed by atoms with Gasteiger partial charge in [-0.1, -0.05) is 27.7 Å². The van der Waals surface area contributed by atoms with Gasteiger partial charge in [0.1, 0.15) is 0 Å². The summed E-state index contributed by atoms with van der Waals surface area (Å²) in [5.41, 5.74) is 6.50. The Morgan fingerprint density at radius 1 is 1.27 bits per heavy atom. The fourth-order valence-corrected chi connectivity index (χ4v) is 2.11. The van der Waals surface area contributed by atoms with Crippen LogP contribution in [0.5, 0.6) is 0 Å². The third-order valence-corrected chi connectivity index (χ3v) is 3.82. The van der Waals surface area contributed by atoms with Gasteiger partial charge in [0.25, 0.3) is 0 Å². The first-order valence-electron chi connectivity index (χ1n) is 4.71. The molecule has 11 heavy (non-hydrogen) atoms. The highest BCUT2D eigenvalue weighted by molar-refractivity contribution is 4.89. The van der Waals surface area contributed by atoms with E-state index in [4.69, 9.17) is 5.73 Å². The van der Waals surface area contributed by atoms with E-state index in [-0.39, 0.29) is 0 Å². The molecule has 1 aliphatic rings. The Morgan fingerprint density at radius 3 is 2.27 bits per heavy atom. The number of nitrogens with two attached hydrogens (primary N) is 1. The molecular weight excluding hydrogens is 134 g/mol. The molecule has 1 saturated carbocycles. The predicted octanol–water partition coefficient (Wildman–Crippen LogP) is 2.41. The number of hydrogen-bond donors (Lipinski definition) is 1. The predicted molar refractivity (Wildman–Crippen MR) is 49.3 cm³/mol. The van der Waals surface area contributed by atoms with Crippen molar-refractivity contribution in [2.45, 2.75) is 46.6 Å². The first kappa shape index (κ1) is 9.05. The van der Waals surface area contributed by atoms with Crippen LogP contribution < -0.4 is 5.73 Å². The summed E-state index contributed by atoms with van der Waals surface area (Å²) in [4.78, 5) is 0. The topological polar surface area (TPSA) is 26.0 Å². The number of hydrogen-bond acceptors (Lipinski definition) is 1. The number of rotatable bonds is 0. The lowest BCUT2D eigenvalue weighted by atomic mass is 9.63. The Kier molecular flexibility index (Phi) is 2.29. The van der Waals surface area contributed by atoms with E-state index >= 15 is 0 Å². The van der Waals surface area contributed by atoms with Gasteiger partial charge in [-0.25, -0.2) is 0 Å². The first-order valence-corrected chi connectivity index (χ1v) is 4.71. The van der Waals surface area contributed by atoms with Gasteiger partial charge < -0.3 is 5.73 Å². The van der Waals surface area contributed by atoms with Crippen LogP contribution in [-0.2, 0) is 0 Å². The van der Waals surface area contributed by atoms with Crippen molar-refractivity contribution < 1.29 is 0 Å². The Balaban J connectivity index is 2.67. The fraction of sp³-hybridized carbons (Fsp3) is 1.00. The van der Waals surface area contributed by atoms with Crippen molar-refractivity contribution in [3.05, 3.63) is 0 Å². The normalized spacial score (nSPS) is 43.9. The molecular formula is C10H21N. The summed E-state index contributed by atoms with van der Waals surface area (Å²) < 4.78 is 0. The Hall–Kier alpha value is -0.0400. The second-order valence-electron chi connectivity index (χ2n) is 4.84. The van der Waals surface area contributed by atoms with Crippen LogP contribution in [0.2, 0.25) is 0 Å². The summed E-state index contributed by atoms with van der Waals surface area (Å²) in [7, 11) is 0. The molecule has 0 saturated heterocycles. The van der Waals surface area contributed by atoms with Gasteiger partial charge in [0.05, 0.1) is 0 Å². The van der Waals surface area contributed by atoms with E-state index in [9.17, 15) is 0 Å². The minimum atomic E-state index is 0.443. The molecule has 0 aromatic rings. The molecule has 1 aliphatic carbocycles. The third kappa shape index (κ3) is 1.58. The molecule has 0 aliphatic heterocycles. The summed E-state index contributed by atoms with van der Waals surface area (Å²) >= 11 is 0. The van der Waals surface area contributed by atoms with Gasteiger partial charge in [-0.15, -0.1) is 0 Å². The lowest BCUT2D eigenvalue weighted by Crippen LogP contribution is -2.43. The van der Waals surface area contributed by atoms with Gasteiger partial charge in [0.2, 0.25) is 0 Å². The molecule has 2 N–H and O–H groups in total. The molecule has 0 bridgehead atoms. The van der Waals surface area contributed by atoms with Crippen LogP contribution in [0.3, 0.4) is 0 Å². The zero-order valence-corrected chi connectivity index (χ0v) is 8.22. The van der Waals surface area contributed by atoms with E-state index in [0.29, 0.717) is 17.4 Å². The van der Waals surface area contributed by atoms with Gasteiger partial charge in [-0.05, 0) is 30.1 Å². The van der Waals surface area contributed by atoms with Crippen LogP contribution in [0.25, 0.3) is 0 Å². The second-order valence-corrected chi connectivity index (χ2v) is 4.84. The highest BCUT2D eigenvalue weighted by Crippen LogP contribution is 2.42. The van der Waals surface area contributed by atoms with Gasteiger partial charge >= 0.3 is 0 Å². The molecule has 1 heteroatoms. The van der Waals surface area contributed by atoms with Crippen LogP contribution in [0.4, 0.5) is 0 Å². The summed E-state index contributed by atoms with van der Waals surface area (Å²) in [6.07, 6.45) is 2.50. The molecule has 0 aromatic carbocycles. The zero-order valence-electron chi connectivity index (χ0n) is 8.22. The average molecular weight is 155 g/mol. The van der Waals surface area contributed by atoms with Crippen LogP contribution in [-0.4, -0.2) is 6.04 Å².